The molecule has 1 aliphatic heterocycles. The number of amides is 1. The van der Waals surface area contributed by atoms with Gasteiger partial charge in [0, 0.05) is 0 Å². The number of aliphatic carboxylic acids is 1. The van der Waals surface area contributed by atoms with Gasteiger partial charge in [-0.3, -0.25) is 9.59 Å². The highest BCUT2D eigenvalue weighted by Gasteiger charge is 2.42. The lowest BCUT2D eigenvalue weighted by molar-refractivity contribution is -0.154. The number of nitrogens with zero attached hydrogens (tertiary/aromatic N) is 1. The molecule has 1 saturated heterocycles. The van der Waals surface area contributed by atoms with Gasteiger partial charge in [0.05, 0.1) is 13.0 Å². The molecule has 1 heterocycles. The maximum absolute atomic E-state index is 11.2. The van der Waals surface area contributed by atoms with Gasteiger partial charge in [0.15, 0.2) is 5.78 Å². The molecule has 1 N–H and O–H groups in total. The zero-order valence-corrected chi connectivity index (χ0v) is 7.53. The summed E-state index contributed by atoms with van der Waals surface area (Å²) in [7, 11) is 0. The first-order chi connectivity index (χ1) is 5.85. The third-order valence-corrected chi connectivity index (χ3v) is 2.18. The molecule has 0 saturated carbocycles. The molecule has 5 heteroatoms. The van der Waals surface area contributed by atoms with Crippen LogP contribution in [-0.2, 0) is 14.4 Å². The third-order valence-electron chi connectivity index (χ3n) is 2.18. The lowest BCUT2D eigenvalue weighted by Gasteiger charge is -2.30. The van der Waals surface area contributed by atoms with Crippen molar-refractivity contribution in [1.29, 1.82) is 0 Å². The summed E-state index contributed by atoms with van der Waals surface area (Å²) in [6.07, 6.45) is -0.170. The summed E-state index contributed by atoms with van der Waals surface area (Å²) in [4.78, 5) is 33.9. The van der Waals surface area contributed by atoms with E-state index in [0.29, 0.717) is 0 Å². The predicted molar refractivity (Wildman–Crippen MR) is 43.1 cm³/mol. The predicted octanol–water partition coefficient (Wildman–Crippen LogP) is -0.349. The normalized spacial score (nSPS) is 18.2. The minimum atomic E-state index is -1.29. The van der Waals surface area contributed by atoms with Gasteiger partial charge in [-0.25, -0.2) is 4.79 Å². The highest BCUT2D eigenvalue weighted by Crippen LogP contribution is 2.20. The average Bonchev–Trinajstić information content (AvgIpc) is 2.30. The van der Waals surface area contributed by atoms with Crippen molar-refractivity contribution in [3.63, 3.8) is 0 Å². The molecular formula is C8H11NO4. The first-order valence-electron chi connectivity index (χ1n) is 3.91. The molecule has 1 fully saturated rings. The summed E-state index contributed by atoms with van der Waals surface area (Å²) in [5, 5.41) is 8.80. The standard InChI is InChI=1S/C8H11NO4/c1-8(2,7(12)13)9-4-5(10)3-6(9)11/h3-4H2,1-2H3,(H,12,13). The van der Waals surface area contributed by atoms with E-state index in [1.54, 1.807) is 0 Å². The molecule has 0 bridgehead atoms. The first-order valence-corrected chi connectivity index (χ1v) is 3.91. The molecule has 0 aromatic carbocycles. The summed E-state index contributed by atoms with van der Waals surface area (Å²) in [5.74, 6) is -1.73. The Balaban J connectivity index is 2.89. The largest absolute Gasteiger partial charge is 0.480 e. The van der Waals surface area contributed by atoms with Gasteiger partial charge in [-0.2, -0.15) is 0 Å². The van der Waals surface area contributed by atoms with E-state index in [2.05, 4.69) is 0 Å². The number of Topliss-reactive ketones (excluding diaryl/α,β-unsaturated/α-hetero) is 1. The van der Waals surface area contributed by atoms with Crippen LogP contribution in [0.2, 0.25) is 0 Å². The van der Waals surface area contributed by atoms with Gasteiger partial charge in [0.25, 0.3) is 0 Å². The summed E-state index contributed by atoms with van der Waals surface area (Å²) >= 11 is 0. The number of carboxylic acids is 1. The molecule has 1 rings (SSSR count). The van der Waals surface area contributed by atoms with Gasteiger partial charge in [-0.05, 0) is 13.8 Å². The van der Waals surface area contributed by atoms with Gasteiger partial charge in [-0.1, -0.05) is 0 Å². The van der Waals surface area contributed by atoms with Crippen molar-refractivity contribution in [3.05, 3.63) is 0 Å². The smallest absolute Gasteiger partial charge is 0.329 e. The van der Waals surface area contributed by atoms with E-state index in [1.165, 1.54) is 13.8 Å². The van der Waals surface area contributed by atoms with Gasteiger partial charge in [0.2, 0.25) is 5.91 Å². The van der Waals surface area contributed by atoms with E-state index < -0.39 is 17.4 Å². The van der Waals surface area contributed by atoms with Crippen LogP contribution in [0.5, 0.6) is 0 Å². The van der Waals surface area contributed by atoms with Crippen molar-refractivity contribution in [2.75, 3.05) is 6.54 Å². The number of hydrogen-bond donors (Lipinski definition) is 1. The van der Waals surface area contributed by atoms with Crippen LogP contribution in [0, 0.1) is 0 Å². The number of likely N-dealkylation sites (tertiary alicyclic amines) is 1. The topological polar surface area (TPSA) is 74.7 Å². The van der Waals surface area contributed by atoms with Crippen LogP contribution in [-0.4, -0.2) is 39.7 Å². The Morgan fingerprint density at radius 2 is 2.00 bits per heavy atom. The van der Waals surface area contributed by atoms with Gasteiger partial charge >= 0.3 is 5.97 Å². The molecule has 0 aliphatic carbocycles. The van der Waals surface area contributed by atoms with Crippen LogP contribution in [0.25, 0.3) is 0 Å². The third kappa shape index (κ3) is 1.54. The fourth-order valence-electron chi connectivity index (χ4n) is 1.21. The molecule has 0 spiro atoms. The Morgan fingerprint density at radius 3 is 2.31 bits per heavy atom. The molecule has 0 radical (unpaired) electrons. The molecular weight excluding hydrogens is 174 g/mol. The Bertz CT molecular complexity index is 282. The summed E-state index contributed by atoms with van der Waals surface area (Å²) in [6.45, 7) is 2.73. The number of carbonyl (C=O) groups is 3. The van der Waals surface area contributed by atoms with Crippen LogP contribution in [0.3, 0.4) is 0 Å². The van der Waals surface area contributed by atoms with Crippen molar-refractivity contribution in [3.8, 4) is 0 Å². The quantitative estimate of drug-likeness (QED) is 0.597. The minimum absolute atomic E-state index is 0.0852. The zero-order chi connectivity index (χ0) is 10.2. The van der Waals surface area contributed by atoms with E-state index in [9.17, 15) is 14.4 Å². The summed E-state index contributed by atoms with van der Waals surface area (Å²) in [5.41, 5.74) is -1.29. The van der Waals surface area contributed by atoms with E-state index in [-0.39, 0.29) is 18.7 Å². The molecule has 0 atom stereocenters. The van der Waals surface area contributed by atoms with E-state index in [1.807, 2.05) is 0 Å². The van der Waals surface area contributed by atoms with Crippen LogP contribution < -0.4 is 0 Å². The van der Waals surface area contributed by atoms with Gasteiger partial charge in [-0.15, -0.1) is 0 Å². The van der Waals surface area contributed by atoms with Crippen molar-refractivity contribution in [1.82, 2.24) is 4.90 Å². The molecule has 0 aromatic heterocycles. The minimum Gasteiger partial charge on any atom is -0.480 e. The van der Waals surface area contributed by atoms with Crippen LogP contribution in [0.1, 0.15) is 20.3 Å². The molecule has 0 aromatic rings. The fourth-order valence-corrected chi connectivity index (χ4v) is 1.21. The number of carboxylic acid groups (broad SMARTS) is 1. The Labute approximate surface area is 75.3 Å². The fraction of sp³-hybridized carbons (Fsp3) is 0.625. The average molecular weight is 185 g/mol. The first kappa shape index (κ1) is 9.70. The molecule has 1 aliphatic rings. The Kier molecular flexibility index (Phi) is 2.11. The lowest BCUT2D eigenvalue weighted by atomic mass is 10.0. The highest BCUT2D eigenvalue weighted by molar-refractivity contribution is 6.07. The van der Waals surface area contributed by atoms with Crippen molar-refractivity contribution in [2.45, 2.75) is 25.8 Å². The lowest BCUT2D eigenvalue weighted by Crippen LogP contribution is -2.50. The number of ketones is 1. The second kappa shape index (κ2) is 2.83. The van der Waals surface area contributed by atoms with Crippen molar-refractivity contribution >= 4 is 17.7 Å². The maximum atomic E-state index is 11.2. The Morgan fingerprint density at radius 1 is 1.46 bits per heavy atom. The molecule has 0 unspecified atom stereocenters. The van der Waals surface area contributed by atoms with E-state index >= 15 is 0 Å². The molecule has 13 heavy (non-hydrogen) atoms. The van der Waals surface area contributed by atoms with Crippen LogP contribution >= 0.6 is 0 Å². The van der Waals surface area contributed by atoms with E-state index in [0.717, 1.165) is 4.90 Å². The summed E-state index contributed by atoms with van der Waals surface area (Å²) < 4.78 is 0. The SMILES string of the molecule is CC(C)(C(=O)O)N1CC(=O)CC1=O. The Hall–Kier alpha value is -1.39. The van der Waals surface area contributed by atoms with Crippen molar-refractivity contribution in [2.24, 2.45) is 0 Å². The summed E-state index contributed by atoms with van der Waals surface area (Å²) in [6, 6.07) is 0. The zero-order valence-electron chi connectivity index (χ0n) is 7.53. The van der Waals surface area contributed by atoms with Crippen molar-refractivity contribution < 1.29 is 19.5 Å². The molecule has 72 valence electrons. The number of hydrogen-bond acceptors (Lipinski definition) is 3. The highest BCUT2D eigenvalue weighted by atomic mass is 16.4. The molecule has 1 amide bonds. The van der Waals surface area contributed by atoms with Gasteiger partial charge < -0.3 is 10.0 Å². The van der Waals surface area contributed by atoms with E-state index in [4.69, 9.17) is 5.11 Å². The van der Waals surface area contributed by atoms with Gasteiger partial charge in [0.1, 0.15) is 5.54 Å². The second-order valence-corrected chi connectivity index (χ2v) is 3.56. The number of carbonyl (C=O) groups excluding carboxylic acids is 2. The monoisotopic (exact) mass is 185 g/mol. The molecule has 5 nitrogen and oxygen atoms in total. The van der Waals surface area contributed by atoms with Crippen LogP contribution in [0.4, 0.5) is 0 Å². The second-order valence-electron chi connectivity index (χ2n) is 3.56. The number of rotatable bonds is 2. The van der Waals surface area contributed by atoms with Crippen LogP contribution in [0.15, 0.2) is 0 Å². The maximum Gasteiger partial charge on any atom is 0.329 e.